The molecule has 0 spiro atoms. The van der Waals surface area contributed by atoms with Crippen LogP contribution in [0.3, 0.4) is 0 Å². The minimum Gasteiger partial charge on any atom is -0.454 e. The first-order valence-corrected chi connectivity index (χ1v) is 5.92. The van der Waals surface area contributed by atoms with Crippen molar-refractivity contribution in [1.82, 2.24) is 0 Å². The monoisotopic (exact) mass is 268 g/mol. The number of hydrogen-bond donors (Lipinski definition) is 0. The average Bonchev–Trinajstić information content (AvgIpc) is 2.36. The first-order valence-electron chi connectivity index (χ1n) is 5.38. The van der Waals surface area contributed by atoms with Crippen molar-refractivity contribution in [2.24, 2.45) is 0 Å². The van der Waals surface area contributed by atoms with Gasteiger partial charge in [0.1, 0.15) is 11.6 Å². The molecule has 2 aromatic rings. The van der Waals surface area contributed by atoms with E-state index in [4.69, 9.17) is 16.3 Å². The third-order valence-electron chi connectivity index (χ3n) is 2.52. The van der Waals surface area contributed by atoms with Crippen LogP contribution in [0.15, 0.2) is 36.4 Å². The molecule has 0 aromatic heterocycles. The number of halogens is 3. The number of benzene rings is 2. The molecule has 4 heteroatoms. The van der Waals surface area contributed by atoms with Gasteiger partial charge in [0.15, 0.2) is 11.6 Å². The van der Waals surface area contributed by atoms with E-state index in [9.17, 15) is 8.78 Å². The van der Waals surface area contributed by atoms with Gasteiger partial charge in [0.25, 0.3) is 0 Å². The fourth-order valence-electron chi connectivity index (χ4n) is 1.51. The Labute approximate surface area is 109 Å². The van der Waals surface area contributed by atoms with Gasteiger partial charge >= 0.3 is 0 Å². The maximum atomic E-state index is 13.7. The molecule has 0 N–H and O–H groups in total. The van der Waals surface area contributed by atoms with Crippen LogP contribution in [-0.2, 0) is 5.88 Å². The van der Waals surface area contributed by atoms with Gasteiger partial charge in [-0.15, -0.1) is 11.6 Å². The maximum Gasteiger partial charge on any atom is 0.166 e. The zero-order valence-electron chi connectivity index (χ0n) is 9.71. The minimum atomic E-state index is -0.517. The summed E-state index contributed by atoms with van der Waals surface area (Å²) in [5, 5.41) is 0. The molecule has 0 saturated heterocycles. The Bertz CT molecular complexity index is 570. The van der Waals surface area contributed by atoms with E-state index in [2.05, 4.69) is 0 Å². The van der Waals surface area contributed by atoms with Gasteiger partial charge in [0.2, 0.25) is 0 Å². The lowest BCUT2D eigenvalue weighted by molar-refractivity contribution is 0.435. The molecule has 0 fully saturated rings. The summed E-state index contributed by atoms with van der Waals surface area (Å²) in [6.45, 7) is 1.76. The van der Waals surface area contributed by atoms with Crippen LogP contribution in [0.4, 0.5) is 8.78 Å². The lowest BCUT2D eigenvalue weighted by Crippen LogP contribution is -1.92. The summed E-state index contributed by atoms with van der Waals surface area (Å²) in [7, 11) is 0. The Morgan fingerprint density at radius 3 is 2.50 bits per heavy atom. The zero-order chi connectivity index (χ0) is 13.1. The molecule has 18 heavy (non-hydrogen) atoms. The first-order chi connectivity index (χ1) is 8.60. The van der Waals surface area contributed by atoms with E-state index >= 15 is 0 Å². The van der Waals surface area contributed by atoms with Crippen molar-refractivity contribution < 1.29 is 13.5 Å². The summed E-state index contributed by atoms with van der Waals surface area (Å²) in [5.74, 6) is -0.355. The largest absolute Gasteiger partial charge is 0.454 e. The summed E-state index contributed by atoms with van der Waals surface area (Å²) in [6, 6.07) is 8.59. The predicted molar refractivity (Wildman–Crippen MR) is 67.2 cm³/mol. The Morgan fingerprint density at radius 1 is 1.06 bits per heavy atom. The van der Waals surface area contributed by atoms with Crippen molar-refractivity contribution in [2.75, 3.05) is 0 Å². The highest BCUT2D eigenvalue weighted by atomic mass is 35.5. The van der Waals surface area contributed by atoms with E-state index in [1.54, 1.807) is 19.1 Å². The lowest BCUT2D eigenvalue weighted by atomic mass is 10.2. The molecule has 0 amide bonds. The molecule has 0 unspecified atom stereocenters. The highest BCUT2D eigenvalue weighted by Crippen LogP contribution is 2.28. The number of hydrogen-bond acceptors (Lipinski definition) is 1. The molecule has 0 bridgehead atoms. The highest BCUT2D eigenvalue weighted by molar-refractivity contribution is 6.17. The first kappa shape index (κ1) is 12.8. The molecule has 0 radical (unpaired) electrons. The van der Waals surface area contributed by atoms with E-state index in [0.29, 0.717) is 11.3 Å². The molecule has 2 aromatic carbocycles. The summed E-state index contributed by atoms with van der Waals surface area (Å²) >= 11 is 5.60. The Hall–Kier alpha value is -1.61. The molecule has 0 atom stereocenters. The van der Waals surface area contributed by atoms with Crippen LogP contribution in [-0.4, -0.2) is 0 Å². The van der Waals surface area contributed by atoms with Crippen LogP contribution in [0.2, 0.25) is 0 Å². The minimum absolute atomic E-state index is 0.0533. The SMILES string of the molecule is Cc1ccc(F)cc1Oc1ccc(CCl)cc1F. The van der Waals surface area contributed by atoms with Crippen LogP contribution in [0.5, 0.6) is 11.5 Å². The summed E-state index contributed by atoms with van der Waals surface area (Å²) in [4.78, 5) is 0. The molecule has 1 nitrogen and oxygen atoms in total. The fourth-order valence-corrected chi connectivity index (χ4v) is 1.68. The molecular formula is C14H11ClF2O. The topological polar surface area (TPSA) is 9.23 Å². The van der Waals surface area contributed by atoms with Gasteiger partial charge in [-0.1, -0.05) is 12.1 Å². The second-order valence-corrected chi connectivity index (χ2v) is 4.18. The maximum absolute atomic E-state index is 13.7. The van der Waals surface area contributed by atoms with Gasteiger partial charge < -0.3 is 4.74 Å². The van der Waals surface area contributed by atoms with Crippen LogP contribution >= 0.6 is 11.6 Å². The number of rotatable bonds is 3. The van der Waals surface area contributed by atoms with E-state index in [1.165, 1.54) is 24.3 Å². The van der Waals surface area contributed by atoms with Crippen molar-refractivity contribution >= 4 is 11.6 Å². The molecular weight excluding hydrogens is 258 g/mol. The number of alkyl halides is 1. The van der Waals surface area contributed by atoms with Crippen molar-refractivity contribution in [2.45, 2.75) is 12.8 Å². The normalized spacial score (nSPS) is 10.4. The van der Waals surface area contributed by atoms with Crippen LogP contribution < -0.4 is 4.74 Å². The standard InChI is InChI=1S/C14H11ClF2O/c1-9-2-4-11(16)7-14(9)18-13-5-3-10(8-15)6-12(13)17/h2-7H,8H2,1H3. The fraction of sp³-hybridized carbons (Fsp3) is 0.143. The van der Waals surface area contributed by atoms with Crippen molar-refractivity contribution in [1.29, 1.82) is 0 Å². The third-order valence-corrected chi connectivity index (χ3v) is 2.83. The number of aryl methyl sites for hydroxylation is 1. The Kier molecular flexibility index (Phi) is 3.82. The molecule has 0 aliphatic heterocycles. The van der Waals surface area contributed by atoms with Crippen LogP contribution in [0, 0.1) is 18.6 Å². The molecule has 2 rings (SSSR count). The summed E-state index contributed by atoms with van der Waals surface area (Å²) in [5.41, 5.74) is 1.40. The van der Waals surface area contributed by atoms with Gasteiger partial charge in [0, 0.05) is 11.9 Å². The van der Waals surface area contributed by atoms with E-state index < -0.39 is 11.6 Å². The van der Waals surface area contributed by atoms with Crippen molar-refractivity contribution in [3.05, 3.63) is 59.2 Å². The molecule has 0 aliphatic rings. The van der Waals surface area contributed by atoms with Crippen molar-refractivity contribution in [3.63, 3.8) is 0 Å². The summed E-state index contributed by atoms with van der Waals surface area (Å²) in [6.07, 6.45) is 0. The third kappa shape index (κ3) is 2.79. The molecule has 94 valence electrons. The van der Waals surface area contributed by atoms with Gasteiger partial charge in [0.05, 0.1) is 0 Å². The lowest BCUT2D eigenvalue weighted by Gasteiger charge is -2.10. The van der Waals surface area contributed by atoms with Gasteiger partial charge in [-0.3, -0.25) is 0 Å². The predicted octanol–water partition coefficient (Wildman–Crippen LogP) is 4.80. The second kappa shape index (κ2) is 5.36. The molecule has 0 heterocycles. The number of ether oxygens (including phenoxy) is 1. The van der Waals surface area contributed by atoms with Crippen LogP contribution in [0.1, 0.15) is 11.1 Å². The van der Waals surface area contributed by atoms with Crippen molar-refractivity contribution in [3.8, 4) is 11.5 Å². The average molecular weight is 269 g/mol. The van der Waals surface area contributed by atoms with E-state index in [0.717, 1.165) is 5.56 Å². The van der Waals surface area contributed by atoms with Gasteiger partial charge in [-0.05, 0) is 36.2 Å². The molecule has 0 aliphatic carbocycles. The van der Waals surface area contributed by atoms with Crippen LogP contribution in [0.25, 0.3) is 0 Å². The van der Waals surface area contributed by atoms with Gasteiger partial charge in [-0.25, -0.2) is 8.78 Å². The Balaban J connectivity index is 2.31. The second-order valence-electron chi connectivity index (χ2n) is 3.91. The zero-order valence-corrected chi connectivity index (χ0v) is 10.5. The van der Waals surface area contributed by atoms with Gasteiger partial charge in [-0.2, -0.15) is 0 Å². The quantitative estimate of drug-likeness (QED) is 0.726. The molecule has 0 saturated carbocycles. The van der Waals surface area contributed by atoms with E-state index in [1.807, 2.05) is 0 Å². The highest BCUT2D eigenvalue weighted by Gasteiger charge is 2.08. The van der Waals surface area contributed by atoms with E-state index in [-0.39, 0.29) is 11.6 Å². The summed E-state index contributed by atoms with van der Waals surface area (Å²) < 4.78 is 32.1. The Morgan fingerprint density at radius 2 is 1.83 bits per heavy atom. The smallest absolute Gasteiger partial charge is 0.166 e.